The molecule has 4 aromatic rings. The van der Waals surface area contributed by atoms with Gasteiger partial charge in [0.15, 0.2) is 11.4 Å². The number of ether oxygens (including phenoxy) is 2. The van der Waals surface area contributed by atoms with Gasteiger partial charge in [0.05, 0.1) is 18.8 Å². The number of nitrogens with zero attached hydrogens (tertiary/aromatic N) is 3. The number of carbonyl (C=O) groups excluding carboxylic acids is 2. The summed E-state index contributed by atoms with van der Waals surface area (Å²) in [6.45, 7) is -0.0685. The Labute approximate surface area is 279 Å². The number of amides is 2. The molecule has 2 saturated heterocycles. The van der Waals surface area contributed by atoms with Gasteiger partial charge in [0.1, 0.15) is 12.4 Å². The van der Waals surface area contributed by atoms with Crippen LogP contribution < -0.4 is 5.32 Å². The van der Waals surface area contributed by atoms with Gasteiger partial charge in [-0.3, -0.25) is 14.7 Å². The van der Waals surface area contributed by atoms with Crippen molar-refractivity contribution in [1.29, 1.82) is 0 Å². The van der Waals surface area contributed by atoms with E-state index in [0.29, 0.717) is 28.7 Å². The largest absolute Gasteiger partial charge is 0.471 e. The van der Waals surface area contributed by atoms with E-state index in [1.807, 2.05) is 72.8 Å². The van der Waals surface area contributed by atoms with E-state index in [1.54, 1.807) is 0 Å². The number of alkyl halides is 3. The van der Waals surface area contributed by atoms with Crippen LogP contribution in [0.4, 0.5) is 13.2 Å². The summed E-state index contributed by atoms with van der Waals surface area (Å²) in [7, 11) is 0. The third kappa shape index (κ3) is 7.89. The van der Waals surface area contributed by atoms with Crippen LogP contribution in [0.25, 0.3) is 11.1 Å². The summed E-state index contributed by atoms with van der Waals surface area (Å²) in [5, 5.41) is 19.7. The third-order valence-corrected chi connectivity index (χ3v) is 9.45. The first-order valence-electron chi connectivity index (χ1n) is 15.5. The molecule has 6 rings (SSSR count). The van der Waals surface area contributed by atoms with E-state index in [9.17, 15) is 27.9 Å². The molecule has 3 aromatic carbocycles. The monoisotopic (exact) mass is 681 g/mol. The van der Waals surface area contributed by atoms with Crippen LogP contribution in [-0.4, -0.2) is 67.6 Å². The molecule has 0 aliphatic carbocycles. The number of nitrogens with one attached hydrogen (secondary N) is 2. The van der Waals surface area contributed by atoms with E-state index < -0.39 is 30.3 Å². The number of likely N-dealkylation sites (tertiary alicyclic amines) is 1. The van der Waals surface area contributed by atoms with Gasteiger partial charge in [-0.1, -0.05) is 84.6 Å². The number of aliphatic hydroxyl groups is 1. The van der Waals surface area contributed by atoms with Crippen molar-refractivity contribution in [2.75, 3.05) is 12.3 Å². The maximum Gasteiger partial charge on any atom is 0.471 e. The van der Waals surface area contributed by atoms with Crippen molar-refractivity contribution in [2.45, 2.75) is 68.3 Å². The van der Waals surface area contributed by atoms with Crippen molar-refractivity contribution >= 4 is 23.6 Å². The Balaban J connectivity index is 1.15. The van der Waals surface area contributed by atoms with E-state index in [-0.39, 0.29) is 38.3 Å². The Kier molecular flexibility index (Phi) is 10.4. The van der Waals surface area contributed by atoms with Crippen LogP contribution in [0, 0.1) is 0 Å². The molecule has 0 bridgehead atoms. The van der Waals surface area contributed by atoms with Crippen LogP contribution in [0.15, 0.2) is 84.3 Å². The average molecular weight is 682 g/mol. The lowest BCUT2D eigenvalue weighted by Crippen LogP contribution is -2.50. The fourth-order valence-corrected chi connectivity index (χ4v) is 6.78. The lowest BCUT2D eigenvalue weighted by molar-refractivity contribution is -0.245. The van der Waals surface area contributed by atoms with Crippen LogP contribution in [-0.2, 0) is 32.2 Å². The van der Waals surface area contributed by atoms with Crippen molar-refractivity contribution in [3.05, 3.63) is 101 Å². The lowest BCUT2D eigenvalue weighted by Gasteiger charge is -2.36. The minimum absolute atomic E-state index is 0.0437. The van der Waals surface area contributed by atoms with Gasteiger partial charge in [0, 0.05) is 30.8 Å². The maximum atomic E-state index is 13.1. The first-order chi connectivity index (χ1) is 23.2. The number of hydrogen-bond acceptors (Lipinski definition) is 8. The third-order valence-electron chi connectivity index (χ3n) is 8.44. The van der Waals surface area contributed by atoms with Gasteiger partial charge in [-0.2, -0.15) is 18.3 Å². The minimum atomic E-state index is -5.03. The van der Waals surface area contributed by atoms with Gasteiger partial charge in [-0.15, -0.1) is 0 Å². The molecule has 252 valence electrons. The van der Waals surface area contributed by atoms with Crippen LogP contribution in [0.5, 0.6) is 0 Å². The average Bonchev–Trinajstić information content (AvgIpc) is 3.82. The topological polar surface area (TPSA) is 130 Å². The van der Waals surface area contributed by atoms with Gasteiger partial charge >= 0.3 is 12.1 Å². The molecule has 48 heavy (non-hydrogen) atoms. The highest BCUT2D eigenvalue weighted by molar-refractivity contribution is 7.99. The molecule has 10 nitrogen and oxygen atoms in total. The minimum Gasteiger partial charge on any atom is -0.392 e. The predicted molar refractivity (Wildman–Crippen MR) is 170 cm³/mol. The molecule has 2 aliphatic heterocycles. The van der Waals surface area contributed by atoms with Gasteiger partial charge < -0.3 is 24.8 Å². The summed E-state index contributed by atoms with van der Waals surface area (Å²) >= 11 is 1.51. The molecule has 2 aliphatic rings. The number of halogens is 3. The highest BCUT2D eigenvalue weighted by Gasteiger charge is 2.47. The van der Waals surface area contributed by atoms with E-state index in [2.05, 4.69) is 20.5 Å². The normalized spacial score (nSPS) is 21.3. The SMILES string of the molecule is O=C(NCc1ccccc1-c1ccc([C@@H]2O[C@H](CSc3ncn[nH]3)C[C@H](c3ccc(CO)cc3)O2)cc1)[C@@H]1CCCN1C(=O)C(F)(F)F. The van der Waals surface area contributed by atoms with Gasteiger partial charge in [0.2, 0.25) is 5.91 Å². The molecule has 1 aromatic heterocycles. The first kappa shape index (κ1) is 33.7. The van der Waals surface area contributed by atoms with Crippen molar-refractivity contribution < 1.29 is 37.3 Å². The highest BCUT2D eigenvalue weighted by Crippen LogP contribution is 2.40. The Morgan fingerprint density at radius 3 is 2.48 bits per heavy atom. The summed E-state index contributed by atoms with van der Waals surface area (Å²) in [4.78, 5) is 29.5. The lowest BCUT2D eigenvalue weighted by atomic mass is 9.97. The molecule has 0 radical (unpaired) electrons. The summed E-state index contributed by atoms with van der Waals surface area (Å²) in [6.07, 6.45) is -3.50. The molecule has 3 heterocycles. The predicted octanol–water partition coefficient (Wildman–Crippen LogP) is 5.47. The van der Waals surface area contributed by atoms with Crippen molar-refractivity contribution in [3.63, 3.8) is 0 Å². The molecule has 2 amide bonds. The summed E-state index contributed by atoms with van der Waals surface area (Å²) in [5.41, 5.74) is 5.08. The second kappa shape index (κ2) is 14.9. The first-order valence-corrected chi connectivity index (χ1v) is 16.5. The second-order valence-corrected chi connectivity index (χ2v) is 12.6. The smallest absolute Gasteiger partial charge is 0.392 e. The maximum absolute atomic E-state index is 13.1. The number of benzene rings is 3. The number of aliphatic hydroxyl groups excluding tert-OH is 1. The van der Waals surface area contributed by atoms with Crippen molar-refractivity contribution in [1.82, 2.24) is 25.4 Å². The van der Waals surface area contributed by atoms with E-state index in [0.717, 1.165) is 33.4 Å². The summed E-state index contributed by atoms with van der Waals surface area (Å²) in [6, 6.07) is 21.7. The molecular weight excluding hydrogens is 647 g/mol. The fraction of sp³-hybridized carbons (Fsp3) is 0.353. The molecular formula is C34H34F3N5O5S. The van der Waals surface area contributed by atoms with Crippen LogP contribution in [0.1, 0.15) is 53.9 Å². The van der Waals surface area contributed by atoms with E-state index in [4.69, 9.17) is 9.47 Å². The zero-order valence-corrected chi connectivity index (χ0v) is 26.5. The Morgan fingerprint density at radius 2 is 1.77 bits per heavy atom. The quantitative estimate of drug-likeness (QED) is 0.188. The van der Waals surface area contributed by atoms with Crippen LogP contribution in [0.3, 0.4) is 0 Å². The number of carbonyl (C=O) groups is 2. The molecule has 4 atom stereocenters. The highest BCUT2D eigenvalue weighted by atomic mass is 32.2. The zero-order valence-electron chi connectivity index (χ0n) is 25.7. The number of H-pyrrole nitrogens is 1. The standard InChI is InChI=1S/C34H34F3N5O5S/c35-34(36,37)32(45)42-15-3-6-28(42)30(44)38-17-25-4-1-2-5-27(25)22-11-13-24(14-12-22)31-46-26(19-48-33-39-20-40-41-33)16-29(47-31)23-9-7-21(18-43)8-10-23/h1-2,4-5,7-14,20,26,28-29,31,43H,3,6,15-19H2,(H,38,44)(H,39,40,41)/t26-,28-,29+,31+/m0/s1. The van der Waals surface area contributed by atoms with E-state index in [1.165, 1.54) is 18.1 Å². The zero-order chi connectivity index (χ0) is 33.7. The summed E-state index contributed by atoms with van der Waals surface area (Å²) < 4.78 is 52.0. The number of aromatic nitrogens is 3. The molecule has 0 spiro atoms. The van der Waals surface area contributed by atoms with E-state index >= 15 is 0 Å². The van der Waals surface area contributed by atoms with Gasteiger partial charge in [-0.25, -0.2) is 4.98 Å². The Bertz CT molecular complexity index is 1690. The summed E-state index contributed by atoms with van der Waals surface area (Å²) in [5.74, 6) is -1.98. The number of hydrogen-bond donors (Lipinski definition) is 3. The Hall–Kier alpha value is -4.24. The number of aromatic amines is 1. The molecule has 3 N–H and O–H groups in total. The van der Waals surface area contributed by atoms with Crippen molar-refractivity contribution in [3.8, 4) is 11.1 Å². The fourth-order valence-electron chi connectivity index (χ4n) is 5.98. The van der Waals surface area contributed by atoms with Crippen LogP contribution in [0.2, 0.25) is 0 Å². The Morgan fingerprint density at radius 1 is 1.02 bits per heavy atom. The molecule has 0 unspecified atom stereocenters. The molecule has 0 saturated carbocycles. The van der Waals surface area contributed by atoms with Gasteiger partial charge in [-0.05, 0) is 40.7 Å². The van der Waals surface area contributed by atoms with Crippen LogP contribution >= 0.6 is 11.8 Å². The van der Waals surface area contributed by atoms with Crippen molar-refractivity contribution in [2.24, 2.45) is 0 Å². The number of rotatable bonds is 10. The molecule has 2 fully saturated rings. The van der Waals surface area contributed by atoms with Gasteiger partial charge in [0.25, 0.3) is 0 Å². The number of thioether (sulfide) groups is 1. The molecule has 14 heteroatoms. The second-order valence-electron chi connectivity index (χ2n) is 11.6.